The first-order valence-electron chi connectivity index (χ1n) is 6.04. The van der Waals surface area contributed by atoms with Gasteiger partial charge in [0.2, 0.25) is 5.82 Å². The number of hydrogen-bond acceptors (Lipinski definition) is 3. The fourth-order valence-electron chi connectivity index (χ4n) is 1.64. The van der Waals surface area contributed by atoms with Crippen LogP contribution >= 0.6 is 0 Å². The lowest BCUT2D eigenvalue weighted by Crippen LogP contribution is -2.40. The fourth-order valence-corrected chi connectivity index (χ4v) is 1.64. The molecule has 8 heteroatoms. The molecule has 3 N–H and O–H groups in total. The average Bonchev–Trinajstić information content (AvgIpc) is 2.38. The molecule has 0 saturated carbocycles. The smallest absolute Gasteiger partial charge is 0.305 e. The first kappa shape index (κ1) is 16.8. The average molecular weight is 305 g/mol. The minimum absolute atomic E-state index is 0.285. The number of carboxylic acids is 1. The van der Waals surface area contributed by atoms with E-state index in [0.29, 0.717) is 6.07 Å². The third-order valence-corrected chi connectivity index (χ3v) is 2.89. The van der Waals surface area contributed by atoms with Crippen LogP contribution in [-0.2, 0) is 4.79 Å². The van der Waals surface area contributed by atoms with E-state index in [1.165, 1.54) is 0 Å². The highest BCUT2D eigenvalue weighted by atomic mass is 19.2. The number of aliphatic carboxylic acids is 1. The van der Waals surface area contributed by atoms with Gasteiger partial charge in [-0.3, -0.25) is 9.59 Å². The molecule has 5 nitrogen and oxygen atoms in total. The highest BCUT2D eigenvalue weighted by Crippen LogP contribution is 2.26. The van der Waals surface area contributed by atoms with E-state index in [-0.39, 0.29) is 5.92 Å². The van der Waals surface area contributed by atoms with Crippen LogP contribution in [0.5, 0.6) is 5.75 Å². The molecule has 21 heavy (non-hydrogen) atoms. The van der Waals surface area contributed by atoms with Gasteiger partial charge in [0.15, 0.2) is 17.4 Å². The number of amides is 1. The molecule has 1 amide bonds. The minimum atomic E-state index is -1.80. The third kappa shape index (κ3) is 3.87. The van der Waals surface area contributed by atoms with Gasteiger partial charge in [0, 0.05) is 6.04 Å². The summed E-state index contributed by atoms with van der Waals surface area (Å²) in [4.78, 5) is 22.5. The first-order valence-corrected chi connectivity index (χ1v) is 6.04. The van der Waals surface area contributed by atoms with E-state index in [1.807, 2.05) is 0 Å². The molecule has 0 aliphatic heterocycles. The van der Waals surface area contributed by atoms with Gasteiger partial charge in [-0.25, -0.2) is 8.78 Å². The minimum Gasteiger partial charge on any atom is -0.503 e. The van der Waals surface area contributed by atoms with Crippen LogP contribution < -0.4 is 5.32 Å². The third-order valence-electron chi connectivity index (χ3n) is 2.89. The van der Waals surface area contributed by atoms with Crippen molar-refractivity contribution in [3.63, 3.8) is 0 Å². The van der Waals surface area contributed by atoms with E-state index in [1.54, 1.807) is 13.8 Å². The largest absolute Gasteiger partial charge is 0.503 e. The van der Waals surface area contributed by atoms with Crippen LogP contribution in [0.3, 0.4) is 0 Å². The monoisotopic (exact) mass is 305 g/mol. The van der Waals surface area contributed by atoms with Crippen LogP contribution in [0.25, 0.3) is 0 Å². The topological polar surface area (TPSA) is 86.6 Å². The molecule has 0 aromatic heterocycles. The molecule has 1 aromatic rings. The Balaban J connectivity index is 3.06. The number of benzene rings is 1. The van der Waals surface area contributed by atoms with Crippen LogP contribution in [0.2, 0.25) is 0 Å². The molecular formula is C13H14F3NO4. The van der Waals surface area contributed by atoms with E-state index in [2.05, 4.69) is 5.32 Å². The fraction of sp³-hybridized carbons (Fsp3) is 0.385. The molecule has 1 aromatic carbocycles. The zero-order chi connectivity index (χ0) is 16.3. The molecular weight excluding hydrogens is 291 g/mol. The predicted molar refractivity (Wildman–Crippen MR) is 66.3 cm³/mol. The maximum atomic E-state index is 13.6. The molecule has 0 radical (unpaired) electrons. The molecule has 0 heterocycles. The summed E-state index contributed by atoms with van der Waals surface area (Å²) in [5.74, 6) is -9.19. The second kappa shape index (κ2) is 6.47. The summed E-state index contributed by atoms with van der Waals surface area (Å²) >= 11 is 0. The van der Waals surface area contributed by atoms with Crippen molar-refractivity contribution in [3.05, 3.63) is 29.1 Å². The number of halogens is 3. The number of phenolic OH excluding ortho intramolecular Hbond substituents is 1. The Morgan fingerprint density at radius 1 is 1.24 bits per heavy atom. The van der Waals surface area contributed by atoms with E-state index in [0.717, 1.165) is 0 Å². The molecule has 0 aliphatic carbocycles. The van der Waals surface area contributed by atoms with Gasteiger partial charge in [-0.15, -0.1) is 0 Å². The maximum absolute atomic E-state index is 13.6. The first-order chi connectivity index (χ1) is 9.65. The summed E-state index contributed by atoms with van der Waals surface area (Å²) in [6.45, 7) is 3.26. The zero-order valence-corrected chi connectivity index (χ0v) is 11.3. The summed E-state index contributed by atoms with van der Waals surface area (Å²) < 4.78 is 39.6. The molecule has 1 rings (SSSR count). The van der Waals surface area contributed by atoms with Gasteiger partial charge in [0.05, 0.1) is 12.0 Å². The summed E-state index contributed by atoms with van der Waals surface area (Å²) in [6, 6.07) is -0.526. The van der Waals surface area contributed by atoms with Gasteiger partial charge in [-0.2, -0.15) is 4.39 Å². The van der Waals surface area contributed by atoms with Crippen molar-refractivity contribution in [2.24, 2.45) is 5.92 Å². The van der Waals surface area contributed by atoms with Gasteiger partial charge < -0.3 is 15.5 Å². The second-order valence-corrected chi connectivity index (χ2v) is 4.80. The molecule has 0 aliphatic rings. The standard InChI is InChI=1S/C13H14F3NO4/c1-5(2)8(4-9(18)19)17-13(21)6-3-7(14)11(16)12(20)10(6)15/h3,5,8,20H,4H2,1-2H3,(H,17,21)(H,18,19). The normalized spacial score (nSPS) is 12.3. The number of carbonyl (C=O) groups is 2. The Morgan fingerprint density at radius 3 is 2.29 bits per heavy atom. The quantitative estimate of drug-likeness (QED) is 0.727. The number of rotatable bonds is 5. The molecule has 116 valence electrons. The van der Waals surface area contributed by atoms with Crippen molar-refractivity contribution in [2.45, 2.75) is 26.3 Å². The predicted octanol–water partition coefficient (Wildman–Crippen LogP) is 2.04. The van der Waals surface area contributed by atoms with Crippen molar-refractivity contribution in [1.82, 2.24) is 5.32 Å². The molecule has 0 fully saturated rings. The van der Waals surface area contributed by atoms with Crippen molar-refractivity contribution >= 4 is 11.9 Å². The number of carboxylic acid groups (broad SMARTS) is 1. The van der Waals surface area contributed by atoms with Crippen molar-refractivity contribution in [3.8, 4) is 5.75 Å². The van der Waals surface area contributed by atoms with Crippen molar-refractivity contribution in [1.29, 1.82) is 0 Å². The number of nitrogens with one attached hydrogen (secondary N) is 1. The lowest BCUT2D eigenvalue weighted by molar-refractivity contribution is -0.137. The number of carbonyl (C=O) groups excluding carboxylic acids is 1. The second-order valence-electron chi connectivity index (χ2n) is 4.80. The van der Waals surface area contributed by atoms with Gasteiger partial charge >= 0.3 is 5.97 Å². The molecule has 1 atom stereocenters. The van der Waals surface area contributed by atoms with Crippen LogP contribution in [0.4, 0.5) is 13.2 Å². The van der Waals surface area contributed by atoms with E-state index in [4.69, 9.17) is 10.2 Å². The van der Waals surface area contributed by atoms with Crippen LogP contribution in [0, 0.1) is 23.4 Å². The summed E-state index contributed by atoms with van der Waals surface area (Å²) in [7, 11) is 0. The highest BCUT2D eigenvalue weighted by molar-refractivity contribution is 5.95. The Hall–Kier alpha value is -2.25. The van der Waals surface area contributed by atoms with Gasteiger partial charge in [-0.05, 0) is 12.0 Å². The van der Waals surface area contributed by atoms with E-state index < -0.39 is 53.1 Å². The maximum Gasteiger partial charge on any atom is 0.305 e. The van der Waals surface area contributed by atoms with Crippen LogP contribution in [-0.4, -0.2) is 28.1 Å². The zero-order valence-electron chi connectivity index (χ0n) is 11.3. The van der Waals surface area contributed by atoms with E-state index in [9.17, 15) is 22.8 Å². The molecule has 0 bridgehead atoms. The highest BCUT2D eigenvalue weighted by Gasteiger charge is 2.25. The summed E-state index contributed by atoms with van der Waals surface area (Å²) in [6.07, 6.45) is -0.416. The Morgan fingerprint density at radius 2 is 1.81 bits per heavy atom. The van der Waals surface area contributed by atoms with Crippen molar-refractivity contribution in [2.75, 3.05) is 0 Å². The van der Waals surface area contributed by atoms with Crippen LogP contribution in [0.15, 0.2) is 6.07 Å². The van der Waals surface area contributed by atoms with Gasteiger partial charge in [0.25, 0.3) is 5.91 Å². The van der Waals surface area contributed by atoms with Gasteiger partial charge in [0.1, 0.15) is 0 Å². The van der Waals surface area contributed by atoms with Gasteiger partial charge in [-0.1, -0.05) is 13.8 Å². The molecule has 0 spiro atoms. The number of phenols is 1. The molecule has 1 unspecified atom stereocenters. The van der Waals surface area contributed by atoms with E-state index >= 15 is 0 Å². The Labute approximate surface area is 118 Å². The SMILES string of the molecule is CC(C)C(CC(=O)O)NC(=O)c1cc(F)c(F)c(O)c1F. The number of aromatic hydroxyl groups is 1. The summed E-state index contributed by atoms with van der Waals surface area (Å²) in [5.41, 5.74) is -0.901. The Bertz CT molecular complexity index is 575. The lowest BCUT2D eigenvalue weighted by atomic mass is 10.0. The summed E-state index contributed by atoms with van der Waals surface area (Å²) in [5, 5.41) is 20.0. The van der Waals surface area contributed by atoms with Crippen molar-refractivity contribution < 1.29 is 33.0 Å². The Kier molecular flexibility index (Phi) is 5.17. The number of hydrogen-bond donors (Lipinski definition) is 3. The van der Waals surface area contributed by atoms with Crippen LogP contribution in [0.1, 0.15) is 30.6 Å². The molecule has 0 saturated heterocycles. The lowest BCUT2D eigenvalue weighted by Gasteiger charge is -2.20.